The van der Waals surface area contributed by atoms with Crippen molar-refractivity contribution < 1.29 is 14.3 Å². The normalized spacial score (nSPS) is 19.3. The molecule has 0 saturated carbocycles. The second-order valence-electron chi connectivity index (χ2n) is 8.08. The Hall–Kier alpha value is -3.53. The first kappa shape index (κ1) is 22.3. The maximum Gasteiger partial charge on any atom is 0.283 e. The number of hydrogen-bond donors (Lipinski definition) is 1. The van der Waals surface area contributed by atoms with Crippen LogP contribution in [0.5, 0.6) is 11.5 Å². The van der Waals surface area contributed by atoms with Crippen molar-refractivity contribution in [1.82, 2.24) is 14.5 Å². The summed E-state index contributed by atoms with van der Waals surface area (Å²) < 4.78 is 13.2. The zero-order chi connectivity index (χ0) is 23.5. The quantitative estimate of drug-likeness (QED) is 0.637. The van der Waals surface area contributed by atoms with E-state index < -0.39 is 5.91 Å². The number of ether oxygens (including phenoxy) is 2. The molecule has 0 unspecified atom stereocenters. The minimum absolute atomic E-state index is 0.0486. The largest absolute Gasteiger partial charge is 0.493 e. The van der Waals surface area contributed by atoms with Crippen LogP contribution < -0.4 is 9.47 Å². The summed E-state index contributed by atoms with van der Waals surface area (Å²) in [7, 11) is 1.61. The number of para-hydroxylation sites is 2. The van der Waals surface area contributed by atoms with Gasteiger partial charge in [0.2, 0.25) is 5.17 Å². The molecule has 0 atom stereocenters. The number of thioether (sulfide) groups is 1. The fraction of sp³-hybridized carbons (Fsp3) is 0.333. The van der Waals surface area contributed by atoms with Crippen molar-refractivity contribution in [3.63, 3.8) is 0 Å². The first-order valence-electron chi connectivity index (χ1n) is 11.3. The minimum atomic E-state index is -0.420. The average molecular weight is 479 g/mol. The standard InChI is InChI=1S/C24H26N6O3S/c1-32-19-9-3-4-10-20(19)33-15-14-28-13-7-8-17(28)16-18-21(25)30-23(26-22(18)31)34-24(27-30)29-11-5-2-6-12-29/h3-4,7-10,13,16,25H,2,5-6,11-12,14-15H2,1H3/b18-16-,25-21?. The summed E-state index contributed by atoms with van der Waals surface area (Å²) in [5.74, 6) is 0.988. The number of piperidine rings is 1. The van der Waals surface area contributed by atoms with Crippen LogP contribution in [0.1, 0.15) is 25.0 Å². The highest BCUT2D eigenvalue weighted by Gasteiger charge is 2.37. The number of likely N-dealkylation sites (tertiary alicyclic amines) is 1. The average Bonchev–Trinajstić information content (AvgIpc) is 3.49. The Balaban J connectivity index is 1.30. The Morgan fingerprint density at radius 2 is 1.88 bits per heavy atom. The van der Waals surface area contributed by atoms with Crippen molar-refractivity contribution in [2.45, 2.75) is 25.8 Å². The molecule has 1 amide bonds. The number of benzene rings is 1. The predicted octanol–water partition coefficient (Wildman–Crippen LogP) is 3.64. The topological polar surface area (TPSA) is 95.5 Å². The molecule has 3 aliphatic rings. The molecule has 1 N–H and O–H groups in total. The number of hydrogen-bond acceptors (Lipinski definition) is 7. The molecule has 34 heavy (non-hydrogen) atoms. The number of methoxy groups -OCH3 is 1. The van der Waals surface area contributed by atoms with Gasteiger partial charge in [0.1, 0.15) is 6.61 Å². The molecule has 176 valence electrons. The van der Waals surface area contributed by atoms with Crippen LogP contribution in [0.15, 0.2) is 58.3 Å². The molecular weight excluding hydrogens is 452 g/mol. The third-order valence-corrected chi connectivity index (χ3v) is 6.86. The molecule has 1 saturated heterocycles. The number of aromatic nitrogens is 1. The van der Waals surface area contributed by atoms with Crippen molar-refractivity contribution in [2.75, 3.05) is 26.8 Å². The van der Waals surface area contributed by atoms with E-state index in [1.807, 2.05) is 47.2 Å². The third-order valence-electron chi connectivity index (χ3n) is 5.89. The van der Waals surface area contributed by atoms with Crippen molar-refractivity contribution in [2.24, 2.45) is 10.1 Å². The van der Waals surface area contributed by atoms with Gasteiger partial charge in [-0.25, -0.2) is 0 Å². The first-order chi connectivity index (χ1) is 16.6. The summed E-state index contributed by atoms with van der Waals surface area (Å²) in [4.78, 5) is 19.2. The smallest absolute Gasteiger partial charge is 0.283 e. The molecule has 1 aromatic carbocycles. The lowest BCUT2D eigenvalue weighted by Gasteiger charge is -2.26. The number of rotatable bonds is 6. The monoisotopic (exact) mass is 478 g/mol. The number of carbonyl (C=O) groups is 1. The van der Waals surface area contributed by atoms with E-state index in [1.54, 1.807) is 13.2 Å². The van der Waals surface area contributed by atoms with Gasteiger partial charge in [-0.3, -0.25) is 10.2 Å². The van der Waals surface area contributed by atoms with Gasteiger partial charge in [0.25, 0.3) is 5.91 Å². The van der Waals surface area contributed by atoms with Crippen molar-refractivity contribution in [1.29, 1.82) is 5.41 Å². The van der Waals surface area contributed by atoms with Gasteiger partial charge in [-0.2, -0.15) is 10.0 Å². The van der Waals surface area contributed by atoms with E-state index in [2.05, 4.69) is 15.0 Å². The lowest BCUT2D eigenvalue weighted by Crippen LogP contribution is -2.35. The maximum atomic E-state index is 12.8. The Bertz CT molecular complexity index is 1190. The van der Waals surface area contributed by atoms with E-state index in [-0.39, 0.29) is 11.4 Å². The molecule has 1 fully saturated rings. The molecule has 4 heterocycles. The highest BCUT2D eigenvalue weighted by atomic mass is 32.2. The molecular formula is C24H26N6O3S. The van der Waals surface area contributed by atoms with Crippen LogP contribution in [-0.2, 0) is 11.3 Å². The highest BCUT2D eigenvalue weighted by Crippen LogP contribution is 2.31. The summed E-state index contributed by atoms with van der Waals surface area (Å²) in [5.41, 5.74) is 1.01. The van der Waals surface area contributed by atoms with Gasteiger partial charge in [0.05, 0.1) is 19.2 Å². The SMILES string of the molecule is COc1ccccc1OCCn1cccc1/C=C1/C(=N)N2N=C(N3CCCCC3)SC2=NC1=O. The van der Waals surface area contributed by atoms with Gasteiger partial charge >= 0.3 is 0 Å². The zero-order valence-electron chi connectivity index (χ0n) is 18.9. The number of hydrazone groups is 1. The Labute approximate surface area is 202 Å². The molecule has 0 spiro atoms. The van der Waals surface area contributed by atoms with Gasteiger partial charge in [0, 0.05) is 25.0 Å². The predicted molar refractivity (Wildman–Crippen MR) is 133 cm³/mol. The Morgan fingerprint density at radius 3 is 2.68 bits per heavy atom. The molecule has 0 bridgehead atoms. The number of amides is 1. The van der Waals surface area contributed by atoms with Crippen molar-refractivity contribution in [3.8, 4) is 11.5 Å². The molecule has 0 radical (unpaired) electrons. The summed E-state index contributed by atoms with van der Waals surface area (Å²) in [5, 5.41) is 16.0. The summed E-state index contributed by atoms with van der Waals surface area (Å²) >= 11 is 1.36. The van der Waals surface area contributed by atoms with Gasteiger partial charge in [-0.15, -0.1) is 5.10 Å². The van der Waals surface area contributed by atoms with Crippen LogP contribution in [0.2, 0.25) is 0 Å². The van der Waals surface area contributed by atoms with E-state index >= 15 is 0 Å². The highest BCUT2D eigenvalue weighted by molar-refractivity contribution is 8.26. The van der Waals surface area contributed by atoms with E-state index in [0.717, 1.165) is 36.8 Å². The van der Waals surface area contributed by atoms with Gasteiger partial charge < -0.3 is 18.9 Å². The van der Waals surface area contributed by atoms with Gasteiger partial charge in [-0.1, -0.05) is 12.1 Å². The molecule has 9 nitrogen and oxygen atoms in total. The number of amidine groups is 3. The number of nitrogens with one attached hydrogen (secondary N) is 1. The molecule has 0 aliphatic carbocycles. The van der Waals surface area contributed by atoms with Crippen LogP contribution in [0, 0.1) is 5.41 Å². The van der Waals surface area contributed by atoms with Crippen LogP contribution >= 0.6 is 11.8 Å². The van der Waals surface area contributed by atoms with E-state index in [1.165, 1.54) is 23.2 Å². The number of nitrogens with zero attached hydrogens (tertiary/aromatic N) is 5. The van der Waals surface area contributed by atoms with Crippen molar-refractivity contribution in [3.05, 3.63) is 53.9 Å². The molecule has 1 aromatic heterocycles. The fourth-order valence-electron chi connectivity index (χ4n) is 4.10. The Kier molecular flexibility index (Phi) is 6.39. The van der Waals surface area contributed by atoms with E-state index in [4.69, 9.17) is 14.9 Å². The number of fused-ring (bicyclic) bond motifs is 1. The van der Waals surface area contributed by atoms with Crippen LogP contribution in [0.25, 0.3) is 6.08 Å². The second kappa shape index (κ2) is 9.76. The molecule has 2 aromatic rings. The molecule has 10 heteroatoms. The summed E-state index contributed by atoms with van der Waals surface area (Å²) in [6.07, 6.45) is 7.11. The van der Waals surface area contributed by atoms with E-state index in [0.29, 0.717) is 29.8 Å². The lowest BCUT2D eigenvalue weighted by molar-refractivity contribution is -0.114. The summed E-state index contributed by atoms with van der Waals surface area (Å²) in [6, 6.07) is 11.3. The minimum Gasteiger partial charge on any atom is -0.493 e. The van der Waals surface area contributed by atoms with Crippen molar-refractivity contribution >= 4 is 39.9 Å². The molecule has 3 aliphatic heterocycles. The van der Waals surface area contributed by atoms with Gasteiger partial charge in [-0.05, 0) is 61.4 Å². The third kappa shape index (κ3) is 4.45. The lowest BCUT2D eigenvalue weighted by atomic mass is 10.1. The van der Waals surface area contributed by atoms with Crippen LogP contribution in [-0.4, -0.2) is 63.4 Å². The maximum absolute atomic E-state index is 12.8. The molecule has 5 rings (SSSR count). The van der Waals surface area contributed by atoms with Crippen LogP contribution in [0.4, 0.5) is 0 Å². The van der Waals surface area contributed by atoms with E-state index in [9.17, 15) is 4.79 Å². The second-order valence-corrected chi connectivity index (χ2v) is 9.01. The fourth-order valence-corrected chi connectivity index (χ4v) is 5.04. The van der Waals surface area contributed by atoms with Gasteiger partial charge in [0.15, 0.2) is 22.5 Å². The first-order valence-corrected chi connectivity index (χ1v) is 12.1. The zero-order valence-corrected chi connectivity index (χ0v) is 19.8. The van der Waals surface area contributed by atoms with Crippen LogP contribution in [0.3, 0.4) is 0 Å². The number of aliphatic imine (C=N–C) groups is 1. The Morgan fingerprint density at radius 1 is 1.09 bits per heavy atom. The summed E-state index contributed by atoms with van der Waals surface area (Å²) in [6.45, 7) is 2.88. The number of carbonyl (C=O) groups excluding carboxylic acids is 1.